The van der Waals surface area contributed by atoms with Gasteiger partial charge >= 0.3 is 17.9 Å². The molecular weight excluding hydrogens is 384 g/mol. The molecule has 0 spiro atoms. The van der Waals surface area contributed by atoms with Crippen molar-refractivity contribution >= 4 is 40.1 Å². The second kappa shape index (κ2) is 10.3. The summed E-state index contributed by atoms with van der Waals surface area (Å²) in [5.74, 6) is -2.88. The van der Waals surface area contributed by atoms with E-state index < -0.39 is 28.7 Å². The third-order valence-corrected chi connectivity index (χ3v) is 3.77. The molecule has 1 aromatic carbocycles. The first-order valence-electron chi connectivity index (χ1n) is 6.76. The summed E-state index contributed by atoms with van der Waals surface area (Å²) in [5.41, 5.74) is 0. The Kier molecular flexibility index (Phi) is 8.42. The van der Waals surface area contributed by atoms with E-state index in [9.17, 15) is 19.2 Å². The summed E-state index contributed by atoms with van der Waals surface area (Å²) in [7, 11) is 1.16. The number of esters is 3. The molecule has 2 unspecified atom stereocenters. The van der Waals surface area contributed by atoms with E-state index in [1.54, 1.807) is 30.3 Å². The molecule has 0 fully saturated rings. The van der Waals surface area contributed by atoms with Gasteiger partial charge in [0.15, 0.2) is 0 Å². The Morgan fingerprint density at radius 2 is 1.75 bits per heavy atom. The molecular formula is C16H15BrO7. The lowest BCUT2D eigenvalue weighted by Gasteiger charge is -2.15. The number of alkyl halides is 1. The highest BCUT2D eigenvalue weighted by molar-refractivity contribution is 9.10. The Bertz CT molecular complexity index is 612. The van der Waals surface area contributed by atoms with Crippen LogP contribution in [0.4, 0.5) is 0 Å². The average Bonchev–Trinajstić information content (AvgIpc) is 2.60. The zero-order valence-corrected chi connectivity index (χ0v) is 14.3. The molecule has 0 amide bonds. The van der Waals surface area contributed by atoms with Crippen LogP contribution in [-0.4, -0.2) is 42.7 Å². The van der Waals surface area contributed by atoms with Crippen molar-refractivity contribution in [2.45, 2.75) is 4.83 Å². The molecule has 8 heteroatoms. The molecule has 0 saturated heterocycles. The van der Waals surface area contributed by atoms with Gasteiger partial charge in [0.05, 0.1) is 13.0 Å². The molecule has 0 bridgehead atoms. The van der Waals surface area contributed by atoms with Crippen LogP contribution >= 0.6 is 15.9 Å². The molecule has 0 aliphatic heterocycles. The minimum absolute atomic E-state index is 0.328. The van der Waals surface area contributed by atoms with E-state index in [1.807, 2.05) is 0 Å². The molecule has 0 saturated carbocycles. The lowest BCUT2D eigenvalue weighted by Crippen LogP contribution is -2.32. The Balaban J connectivity index is 2.54. The second-order valence-electron chi connectivity index (χ2n) is 4.42. The van der Waals surface area contributed by atoms with E-state index >= 15 is 0 Å². The summed E-state index contributed by atoms with van der Waals surface area (Å²) in [4.78, 5) is 44.3. The number of halogens is 1. The summed E-state index contributed by atoms with van der Waals surface area (Å²) in [6.07, 6.45) is 2.22. The molecule has 0 aliphatic rings. The first kappa shape index (κ1) is 19.6. The standard InChI is InChI=1S/C16H15BrO7/c1-22-13(19)7-8-14(20)23-10-11(9-18)15(17)16(21)24-12-5-3-2-4-6-12/h2-9,11,15H,10H2,1H3. The number of aldehydes is 1. The number of hydrogen-bond acceptors (Lipinski definition) is 7. The number of carbonyl (C=O) groups excluding carboxylic acids is 4. The van der Waals surface area contributed by atoms with Crippen LogP contribution < -0.4 is 4.74 Å². The zero-order valence-electron chi connectivity index (χ0n) is 12.7. The topological polar surface area (TPSA) is 96.0 Å². The molecule has 24 heavy (non-hydrogen) atoms. The Morgan fingerprint density at radius 1 is 1.12 bits per heavy atom. The molecule has 0 radical (unpaired) electrons. The van der Waals surface area contributed by atoms with Crippen molar-refractivity contribution < 1.29 is 33.4 Å². The number of benzene rings is 1. The maximum Gasteiger partial charge on any atom is 0.331 e. The molecule has 1 rings (SSSR count). The minimum Gasteiger partial charge on any atom is -0.466 e. The largest absolute Gasteiger partial charge is 0.466 e. The number of para-hydroxylation sites is 1. The van der Waals surface area contributed by atoms with Crippen molar-refractivity contribution in [2.24, 2.45) is 5.92 Å². The number of methoxy groups -OCH3 is 1. The van der Waals surface area contributed by atoms with E-state index in [2.05, 4.69) is 20.7 Å². The van der Waals surface area contributed by atoms with Crippen molar-refractivity contribution in [3.63, 3.8) is 0 Å². The molecule has 0 aliphatic carbocycles. The van der Waals surface area contributed by atoms with Gasteiger partial charge in [0.2, 0.25) is 0 Å². The average molecular weight is 399 g/mol. The number of ether oxygens (including phenoxy) is 3. The number of hydrogen-bond donors (Lipinski definition) is 0. The van der Waals surface area contributed by atoms with Crippen LogP contribution in [0.15, 0.2) is 42.5 Å². The van der Waals surface area contributed by atoms with Crippen LogP contribution in [0.3, 0.4) is 0 Å². The van der Waals surface area contributed by atoms with E-state index in [1.165, 1.54) is 0 Å². The Hall–Kier alpha value is -2.48. The van der Waals surface area contributed by atoms with Gasteiger partial charge in [-0.3, -0.25) is 4.79 Å². The summed E-state index contributed by atoms with van der Waals surface area (Å²) in [6, 6.07) is 8.33. The fraction of sp³-hybridized carbons (Fsp3) is 0.250. The normalized spacial score (nSPS) is 12.9. The Morgan fingerprint density at radius 3 is 2.33 bits per heavy atom. The predicted octanol–water partition coefficient (Wildman–Crippen LogP) is 1.44. The van der Waals surface area contributed by atoms with Gasteiger partial charge < -0.3 is 19.0 Å². The molecule has 0 heterocycles. The van der Waals surface area contributed by atoms with Crippen molar-refractivity contribution in [1.82, 2.24) is 0 Å². The van der Waals surface area contributed by atoms with Crippen LogP contribution in [0, 0.1) is 5.92 Å². The highest BCUT2D eigenvalue weighted by Gasteiger charge is 2.28. The lowest BCUT2D eigenvalue weighted by atomic mass is 10.1. The predicted molar refractivity (Wildman–Crippen MR) is 86.5 cm³/mol. The van der Waals surface area contributed by atoms with Gasteiger partial charge in [-0.25, -0.2) is 9.59 Å². The summed E-state index contributed by atoms with van der Waals surface area (Å²) >= 11 is 3.06. The highest BCUT2D eigenvalue weighted by atomic mass is 79.9. The molecule has 128 valence electrons. The van der Waals surface area contributed by atoms with E-state index in [0.29, 0.717) is 12.0 Å². The third kappa shape index (κ3) is 6.74. The maximum atomic E-state index is 12.0. The fourth-order valence-electron chi connectivity index (χ4n) is 1.46. The van der Waals surface area contributed by atoms with Crippen molar-refractivity contribution in [3.05, 3.63) is 42.5 Å². The Labute approximate surface area is 146 Å². The monoisotopic (exact) mass is 398 g/mol. The SMILES string of the molecule is COC(=O)C=CC(=O)OCC(C=O)C(Br)C(=O)Oc1ccccc1. The number of carbonyl (C=O) groups is 4. The van der Waals surface area contributed by atoms with Gasteiger partial charge in [-0.1, -0.05) is 34.1 Å². The van der Waals surface area contributed by atoms with Crippen LogP contribution in [0.2, 0.25) is 0 Å². The van der Waals surface area contributed by atoms with Gasteiger partial charge in [-0.2, -0.15) is 0 Å². The van der Waals surface area contributed by atoms with Gasteiger partial charge in [0.25, 0.3) is 0 Å². The van der Waals surface area contributed by atoms with Gasteiger partial charge in [-0.05, 0) is 12.1 Å². The fourth-order valence-corrected chi connectivity index (χ4v) is 1.83. The molecule has 2 atom stereocenters. The minimum atomic E-state index is -0.993. The quantitative estimate of drug-likeness (QED) is 0.215. The van der Waals surface area contributed by atoms with Gasteiger partial charge in [-0.15, -0.1) is 0 Å². The van der Waals surface area contributed by atoms with Crippen LogP contribution in [0.25, 0.3) is 0 Å². The van der Waals surface area contributed by atoms with Gasteiger partial charge in [0, 0.05) is 12.2 Å². The molecule has 1 aromatic rings. The second-order valence-corrected chi connectivity index (χ2v) is 5.41. The van der Waals surface area contributed by atoms with Crippen molar-refractivity contribution in [2.75, 3.05) is 13.7 Å². The van der Waals surface area contributed by atoms with Crippen LogP contribution in [0.5, 0.6) is 5.75 Å². The van der Waals surface area contributed by atoms with E-state index in [4.69, 9.17) is 9.47 Å². The van der Waals surface area contributed by atoms with Crippen LogP contribution in [0.1, 0.15) is 0 Å². The molecule has 0 aromatic heterocycles. The smallest absolute Gasteiger partial charge is 0.331 e. The van der Waals surface area contributed by atoms with Crippen molar-refractivity contribution in [1.29, 1.82) is 0 Å². The molecule has 7 nitrogen and oxygen atoms in total. The van der Waals surface area contributed by atoms with E-state index in [0.717, 1.165) is 19.3 Å². The first-order chi connectivity index (χ1) is 11.5. The van der Waals surface area contributed by atoms with E-state index in [-0.39, 0.29) is 6.61 Å². The third-order valence-electron chi connectivity index (χ3n) is 2.71. The van der Waals surface area contributed by atoms with Crippen molar-refractivity contribution in [3.8, 4) is 5.75 Å². The first-order valence-corrected chi connectivity index (χ1v) is 7.68. The van der Waals surface area contributed by atoms with Gasteiger partial charge in [0.1, 0.15) is 23.5 Å². The lowest BCUT2D eigenvalue weighted by molar-refractivity contribution is -0.143. The summed E-state index contributed by atoms with van der Waals surface area (Å²) in [6.45, 7) is -0.354. The zero-order chi connectivity index (χ0) is 17.9. The number of rotatable bonds is 8. The van der Waals surface area contributed by atoms with Crippen LogP contribution in [-0.2, 0) is 28.7 Å². The highest BCUT2D eigenvalue weighted by Crippen LogP contribution is 2.17. The summed E-state index contributed by atoms with van der Waals surface area (Å²) in [5, 5.41) is 0. The molecule has 0 N–H and O–H groups in total. The maximum absolute atomic E-state index is 12.0. The summed E-state index contributed by atoms with van der Waals surface area (Å²) < 4.78 is 14.2.